The number of halogens is 2. The highest BCUT2D eigenvalue weighted by Crippen LogP contribution is 2.35. The SMILES string of the molecule is O=c1[nH]c2ccc(C(Br)c3csc(Br)c3)cc2[nH]c1=O. The fraction of sp³-hybridized carbons (Fsp3) is 0.0769. The monoisotopic (exact) mass is 414 g/mol. The zero-order valence-corrected chi connectivity index (χ0v) is 13.9. The van der Waals surface area contributed by atoms with Gasteiger partial charge in [0, 0.05) is 0 Å². The van der Waals surface area contributed by atoms with Crippen LogP contribution in [0.2, 0.25) is 0 Å². The highest BCUT2D eigenvalue weighted by Gasteiger charge is 2.13. The Balaban J connectivity index is 2.11. The number of thiophene rings is 1. The summed E-state index contributed by atoms with van der Waals surface area (Å²) in [6.45, 7) is 0. The van der Waals surface area contributed by atoms with Crippen LogP contribution in [0.4, 0.5) is 0 Å². The maximum absolute atomic E-state index is 11.4. The Morgan fingerprint density at radius 3 is 2.35 bits per heavy atom. The Labute approximate surface area is 134 Å². The van der Waals surface area contributed by atoms with E-state index in [1.807, 2.05) is 18.2 Å². The Hall–Kier alpha value is -1.18. The van der Waals surface area contributed by atoms with Crippen molar-refractivity contribution in [2.75, 3.05) is 0 Å². The standard InChI is InChI=1S/C13H8Br2N2O2S/c14-10-4-7(5-20-10)11(15)6-1-2-8-9(3-6)17-13(19)12(18)16-8/h1-5,11H,(H,16,18)(H,17,19). The summed E-state index contributed by atoms with van der Waals surface area (Å²) >= 11 is 8.71. The topological polar surface area (TPSA) is 65.7 Å². The molecule has 3 aromatic rings. The molecule has 1 unspecified atom stereocenters. The van der Waals surface area contributed by atoms with Crippen molar-refractivity contribution in [2.45, 2.75) is 4.83 Å². The fourth-order valence-electron chi connectivity index (χ4n) is 1.94. The van der Waals surface area contributed by atoms with Crippen LogP contribution in [0.3, 0.4) is 0 Å². The van der Waals surface area contributed by atoms with Gasteiger partial charge in [0.1, 0.15) is 0 Å². The van der Waals surface area contributed by atoms with Crippen molar-refractivity contribution < 1.29 is 0 Å². The number of alkyl halides is 1. The third-order valence-electron chi connectivity index (χ3n) is 2.92. The summed E-state index contributed by atoms with van der Waals surface area (Å²) in [4.78, 5) is 27.8. The summed E-state index contributed by atoms with van der Waals surface area (Å²) in [6.07, 6.45) is 0. The Bertz CT molecular complexity index is 897. The number of nitrogens with one attached hydrogen (secondary N) is 2. The van der Waals surface area contributed by atoms with E-state index in [0.717, 1.165) is 14.9 Å². The van der Waals surface area contributed by atoms with Crippen LogP contribution in [-0.4, -0.2) is 9.97 Å². The molecule has 20 heavy (non-hydrogen) atoms. The average molecular weight is 416 g/mol. The maximum atomic E-state index is 11.4. The maximum Gasteiger partial charge on any atom is 0.314 e. The van der Waals surface area contributed by atoms with Gasteiger partial charge in [-0.3, -0.25) is 9.59 Å². The molecule has 102 valence electrons. The molecule has 0 saturated carbocycles. The normalized spacial score (nSPS) is 12.7. The summed E-state index contributed by atoms with van der Waals surface area (Å²) in [6, 6.07) is 7.61. The third-order valence-corrected chi connectivity index (χ3v) is 5.50. The van der Waals surface area contributed by atoms with Gasteiger partial charge in [-0.15, -0.1) is 11.3 Å². The van der Waals surface area contributed by atoms with Crippen LogP contribution in [0.25, 0.3) is 11.0 Å². The number of H-pyrrole nitrogens is 2. The lowest BCUT2D eigenvalue weighted by molar-refractivity contribution is 1.13. The number of hydrogen-bond donors (Lipinski definition) is 2. The number of rotatable bonds is 2. The quantitative estimate of drug-likeness (QED) is 0.496. The van der Waals surface area contributed by atoms with Gasteiger partial charge in [-0.25, -0.2) is 0 Å². The fourth-order valence-corrected chi connectivity index (χ4v) is 3.86. The van der Waals surface area contributed by atoms with E-state index in [2.05, 4.69) is 47.2 Å². The lowest BCUT2D eigenvalue weighted by Gasteiger charge is -2.09. The Kier molecular flexibility index (Phi) is 3.66. The molecule has 0 fully saturated rings. The number of benzene rings is 1. The molecule has 0 aliphatic rings. The first-order valence-corrected chi connectivity index (χ1v) is 8.28. The van der Waals surface area contributed by atoms with Gasteiger partial charge in [0.2, 0.25) is 0 Å². The Morgan fingerprint density at radius 1 is 1.00 bits per heavy atom. The number of fused-ring (bicyclic) bond motifs is 1. The largest absolute Gasteiger partial charge is 0.316 e. The molecule has 0 radical (unpaired) electrons. The van der Waals surface area contributed by atoms with Gasteiger partial charge < -0.3 is 9.97 Å². The molecule has 0 bridgehead atoms. The van der Waals surface area contributed by atoms with E-state index in [1.54, 1.807) is 17.4 Å². The smallest absolute Gasteiger partial charge is 0.314 e. The minimum Gasteiger partial charge on any atom is -0.316 e. The second-order valence-corrected chi connectivity index (χ2v) is 7.47. The number of hydrogen-bond acceptors (Lipinski definition) is 3. The second kappa shape index (κ2) is 5.31. The van der Waals surface area contributed by atoms with Gasteiger partial charge in [0.05, 0.1) is 19.6 Å². The van der Waals surface area contributed by atoms with E-state index in [1.165, 1.54) is 0 Å². The molecule has 2 aromatic heterocycles. The third kappa shape index (κ3) is 2.53. The van der Waals surface area contributed by atoms with Crippen molar-refractivity contribution in [3.05, 3.63) is 65.3 Å². The summed E-state index contributed by atoms with van der Waals surface area (Å²) in [5, 5.41) is 2.06. The van der Waals surface area contributed by atoms with Crippen molar-refractivity contribution >= 4 is 54.2 Å². The van der Waals surface area contributed by atoms with Crippen LogP contribution in [0.1, 0.15) is 16.0 Å². The first-order valence-electron chi connectivity index (χ1n) is 5.69. The van der Waals surface area contributed by atoms with Crippen LogP contribution in [0.5, 0.6) is 0 Å². The van der Waals surface area contributed by atoms with Crippen LogP contribution in [-0.2, 0) is 0 Å². The first-order chi connectivity index (χ1) is 9.54. The van der Waals surface area contributed by atoms with Crippen LogP contribution in [0, 0.1) is 0 Å². The first kappa shape index (κ1) is 13.8. The zero-order valence-electron chi connectivity index (χ0n) is 9.94. The van der Waals surface area contributed by atoms with Gasteiger partial charge in [0.25, 0.3) is 0 Å². The molecule has 7 heteroatoms. The van der Waals surface area contributed by atoms with E-state index < -0.39 is 11.1 Å². The van der Waals surface area contributed by atoms with E-state index in [0.29, 0.717) is 11.0 Å². The van der Waals surface area contributed by atoms with Crippen molar-refractivity contribution in [1.29, 1.82) is 0 Å². The van der Waals surface area contributed by atoms with Crippen LogP contribution >= 0.6 is 43.2 Å². The molecule has 0 spiro atoms. The molecule has 0 amide bonds. The van der Waals surface area contributed by atoms with E-state index in [9.17, 15) is 9.59 Å². The summed E-state index contributed by atoms with van der Waals surface area (Å²) in [5.74, 6) is 0. The summed E-state index contributed by atoms with van der Waals surface area (Å²) in [7, 11) is 0. The second-order valence-electron chi connectivity index (χ2n) is 4.26. The van der Waals surface area contributed by atoms with Crippen molar-refractivity contribution in [3.63, 3.8) is 0 Å². The van der Waals surface area contributed by atoms with Gasteiger partial charge >= 0.3 is 11.1 Å². The zero-order chi connectivity index (χ0) is 14.3. The summed E-state index contributed by atoms with van der Waals surface area (Å²) < 4.78 is 1.07. The molecule has 0 saturated heterocycles. The van der Waals surface area contributed by atoms with Crippen molar-refractivity contribution in [1.82, 2.24) is 9.97 Å². The molecule has 2 heterocycles. The van der Waals surface area contributed by atoms with Crippen molar-refractivity contribution in [3.8, 4) is 0 Å². The molecule has 4 nitrogen and oxygen atoms in total. The highest BCUT2D eigenvalue weighted by molar-refractivity contribution is 9.11. The highest BCUT2D eigenvalue weighted by atomic mass is 79.9. The van der Waals surface area contributed by atoms with Gasteiger partial charge in [0.15, 0.2) is 0 Å². The lowest BCUT2D eigenvalue weighted by Crippen LogP contribution is -2.28. The van der Waals surface area contributed by atoms with E-state index >= 15 is 0 Å². The molecule has 2 N–H and O–H groups in total. The average Bonchev–Trinajstić information content (AvgIpc) is 2.85. The van der Waals surface area contributed by atoms with E-state index in [4.69, 9.17) is 0 Å². The summed E-state index contributed by atoms with van der Waals surface area (Å²) in [5.41, 5.74) is 2.09. The van der Waals surface area contributed by atoms with Gasteiger partial charge in [-0.2, -0.15) is 0 Å². The van der Waals surface area contributed by atoms with E-state index in [-0.39, 0.29) is 4.83 Å². The van der Waals surface area contributed by atoms with Gasteiger partial charge in [-0.05, 0) is 50.6 Å². The minimum absolute atomic E-state index is 0.0323. The van der Waals surface area contributed by atoms with Crippen molar-refractivity contribution in [2.24, 2.45) is 0 Å². The molecule has 0 aliphatic carbocycles. The van der Waals surface area contributed by atoms with Gasteiger partial charge in [-0.1, -0.05) is 22.0 Å². The Morgan fingerprint density at radius 2 is 1.70 bits per heavy atom. The minimum atomic E-state index is -0.640. The van der Waals surface area contributed by atoms with Crippen LogP contribution < -0.4 is 11.1 Å². The number of aromatic amines is 2. The molecule has 1 atom stereocenters. The predicted molar refractivity (Wildman–Crippen MR) is 88.0 cm³/mol. The molecule has 1 aromatic carbocycles. The molecular formula is C13H8Br2N2O2S. The van der Waals surface area contributed by atoms with Crippen LogP contribution in [0.15, 0.2) is 43.0 Å². The molecule has 3 rings (SSSR count). The molecular weight excluding hydrogens is 408 g/mol. The lowest BCUT2D eigenvalue weighted by atomic mass is 10.1. The number of aromatic nitrogens is 2. The molecule has 0 aliphatic heterocycles. The predicted octanol–water partition coefficient (Wildman–Crippen LogP) is 3.52.